The molecule has 10 heteroatoms. The Balaban J connectivity index is 1.89. The van der Waals surface area contributed by atoms with Crippen LogP contribution in [0.25, 0.3) is 0 Å². The van der Waals surface area contributed by atoms with E-state index in [-0.39, 0.29) is 17.5 Å². The molecule has 2 aromatic rings. The second-order valence-electron chi connectivity index (χ2n) is 6.48. The molecule has 1 fully saturated rings. The van der Waals surface area contributed by atoms with Crippen LogP contribution in [0.1, 0.15) is 18.4 Å². The number of sulfonamides is 1. The molecule has 1 saturated carbocycles. The summed E-state index contributed by atoms with van der Waals surface area (Å²) in [5.74, 6) is 0.590. The lowest BCUT2D eigenvalue weighted by atomic mass is 10.2. The van der Waals surface area contributed by atoms with Gasteiger partial charge in [0.25, 0.3) is 0 Å². The molecule has 29 heavy (non-hydrogen) atoms. The van der Waals surface area contributed by atoms with Crippen molar-refractivity contribution in [1.82, 2.24) is 4.31 Å². The summed E-state index contributed by atoms with van der Waals surface area (Å²) >= 11 is 0. The molecule has 0 aliphatic heterocycles. The van der Waals surface area contributed by atoms with Gasteiger partial charge in [-0.1, -0.05) is 0 Å². The van der Waals surface area contributed by atoms with Gasteiger partial charge in [0, 0.05) is 18.2 Å². The molecule has 0 radical (unpaired) electrons. The van der Waals surface area contributed by atoms with Crippen LogP contribution in [0, 0.1) is 0 Å². The summed E-state index contributed by atoms with van der Waals surface area (Å²) in [6.45, 7) is 0.0498. The van der Waals surface area contributed by atoms with Gasteiger partial charge in [-0.25, -0.2) is 8.42 Å². The van der Waals surface area contributed by atoms with Gasteiger partial charge in [-0.3, -0.25) is 0 Å². The molecule has 0 atom stereocenters. The van der Waals surface area contributed by atoms with Crippen LogP contribution >= 0.6 is 0 Å². The summed E-state index contributed by atoms with van der Waals surface area (Å²) in [5.41, 5.74) is 0.624. The summed E-state index contributed by atoms with van der Waals surface area (Å²) < 4.78 is 79.0. The van der Waals surface area contributed by atoms with Crippen molar-refractivity contribution < 1.29 is 35.8 Å². The van der Waals surface area contributed by atoms with Crippen LogP contribution in [0.2, 0.25) is 0 Å². The lowest BCUT2D eigenvalue weighted by Gasteiger charge is -2.23. The Labute approximate surface area is 166 Å². The summed E-state index contributed by atoms with van der Waals surface area (Å²) in [5, 5.41) is 0. The number of halogens is 3. The molecule has 0 amide bonds. The van der Waals surface area contributed by atoms with Gasteiger partial charge < -0.3 is 14.2 Å². The van der Waals surface area contributed by atoms with Gasteiger partial charge in [0.15, 0.2) is 0 Å². The molecule has 158 valence electrons. The molecule has 0 bridgehead atoms. The van der Waals surface area contributed by atoms with E-state index in [4.69, 9.17) is 9.47 Å². The monoisotopic (exact) mass is 431 g/mol. The van der Waals surface area contributed by atoms with Crippen molar-refractivity contribution in [2.24, 2.45) is 0 Å². The average Bonchev–Trinajstić information content (AvgIpc) is 3.49. The summed E-state index contributed by atoms with van der Waals surface area (Å²) in [4.78, 5) is -0.110. The standard InChI is InChI=1S/C19H20F3NO5S/c1-26-16-7-10-18(27-2)13(11-16)12-23(14-3-4-14)29(24,25)17-8-5-15(6-9-17)28-19(20,21)22/h5-11,14H,3-4,12H2,1-2H3. The first kappa shape index (κ1) is 21.3. The van der Waals surface area contributed by atoms with Crippen molar-refractivity contribution >= 4 is 10.0 Å². The van der Waals surface area contributed by atoms with E-state index in [0.717, 1.165) is 24.3 Å². The minimum atomic E-state index is -4.84. The fourth-order valence-corrected chi connectivity index (χ4v) is 4.56. The summed E-state index contributed by atoms with van der Waals surface area (Å²) in [7, 11) is -0.949. The Kier molecular flexibility index (Phi) is 5.95. The topological polar surface area (TPSA) is 65.1 Å². The second kappa shape index (κ2) is 8.11. The molecule has 1 aliphatic rings. The number of hydrogen-bond donors (Lipinski definition) is 0. The van der Waals surface area contributed by atoms with E-state index in [1.54, 1.807) is 18.2 Å². The molecular weight excluding hydrogens is 411 g/mol. The van der Waals surface area contributed by atoms with Gasteiger partial charge >= 0.3 is 6.36 Å². The zero-order chi connectivity index (χ0) is 21.2. The smallest absolute Gasteiger partial charge is 0.497 e. The normalized spacial score (nSPS) is 14.7. The van der Waals surface area contributed by atoms with Gasteiger partial charge in [0.1, 0.15) is 17.2 Å². The van der Waals surface area contributed by atoms with Crippen molar-refractivity contribution in [2.75, 3.05) is 14.2 Å². The molecule has 0 aromatic heterocycles. The lowest BCUT2D eigenvalue weighted by molar-refractivity contribution is -0.274. The number of nitrogens with zero attached hydrogens (tertiary/aromatic N) is 1. The molecular formula is C19H20F3NO5S. The average molecular weight is 431 g/mol. The number of ether oxygens (including phenoxy) is 3. The van der Waals surface area contributed by atoms with Gasteiger partial charge in [-0.15, -0.1) is 13.2 Å². The van der Waals surface area contributed by atoms with Crippen LogP contribution in [0.4, 0.5) is 13.2 Å². The third-order valence-electron chi connectivity index (χ3n) is 4.43. The van der Waals surface area contributed by atoms with Crippen LogP contribution in [0.15, 0.2) is 47.4 Å². The van der Waals surface area contributed by atoms with E-state index >= 15 is 0 Å². The third kappa shape index (κ3) is 5.13. The van der Waals surface area contributed by atoms with Crippen molar-refractivity contribution in [1.29, 1.82) is 0 Å². The zero-order valence-electron chi connectivity index (χ0n) is 15.8. The van der Waals surface area contributed by atoms with Crippen LogP contribution in [0.5, 0.6) is 17.2 Å². The quantitative estimate of drug-likeness (QED) is 0.633. The Bertz CT molecular complexity index is 957. The van der Waals surface area contributed by atoms with Crippen molar-refractivity contribution in [2.45, 2.75) is 36.7 Å². The Hall–Kier alpha value is -2.46. The van der Waals surface area contributed by atoms with E-state index < -0.39 is 22.1 Å². The predicted molar refractivity (Wildman–Crippen MR) is 98.4 cm³/mol. The van der Waals surface area contributed by atoms with Crippen molar-refractivity contribution in [3.63, 3.8) is 0 Å². The Morgan fingerprint density at radius 2 is 1.62 bits per heavy atom. The third-order valence-corrected chi connectivity index (χ3v) is 6.34. The van der Waals surface area contributed by atoms with E-state index in [1.807, 2.05) is 0 Å². The van der Waals surface area contributed by atoms with Gasteiger partial charge in [0.05, 0.1) is 19.1 Å². The van der Waals surface area contributed by atoms with Crippen LogP contribution in [-0.2, 0) is 16.6 Å². The first-order valence-electron chi connectivity index (χ1n) is 8.72. The highest BCUT2D eigenvalue weighted by Crippen LogP contribution is 2.36. The molecule has 1 aliphatic carbocycles. The number of rotatable bonds is 8. The predicted octanol–water partition coefficient (Wildman–Crippen LogP) is 3.96. The van der Waals surface area contributed by atoms with Gasteiger partial charge in [0.2, 0.25) is 10.0 Å². The Morgan fingerprint density at radius 3 is 2.14 bits per heavy atom. The Morgan fingerprint density at radius 1 is 1.00 bits per heavy atom. The fourth-order valence-electron chi connectivity index (χ4n) is 2.89. The van der Waals surface area contributed by atoms with Crippen molar-refractivity contribution in [3.8, 4) is 17.2 Å². The molecule has 6 nitrogen and oxygen atoms in total. The number of benzene rings is 2. The van der Waals surface area contributed by atoms with Gasteiger partial charge in [-0.05, 0) is 55.3 Å². The van der Waals surface area contributed by atoms with Crippen LogP contribution < -0.4 is 14.2 Å². The maximum atomic E-state index is 13.2. The molecule has 0 unspecified atom stereocenters. The molecule has 3 rings (SSSR count). The highest BCUT2D eigenvalue weighted by Gasteiger charge is 2.39. The molecule has 0 N–H and O–H groups in total. The number of methoxy groups -OCH3 is 2. The second-order valence-corrected chi connectivity index (χ2v) is 8.37. The van der Waals surface area contributed by atoms with Crippen LogP contribution in [-0.4, -0.2) is 39.3 Å². The first-order valence-corrected chi connectivity index (χ1v) is 10.2. The number of hydrogen-bond acceptors (Lipinski definition) is 5. The molecule has 0 heterocycles. The summed E-state index contributed by atoms with van der Waals surface area (Å²) in [6, 6.07) is 9.09. The maximum absolute atomic E-state index is 13.2. The van der Waals surface area contributed by atoms with Crippen LogP contribution in [0.3, 0.4) is 0 Å². The number of alkyl halides is 3. The lowest BCUT2D eigenvalue weighted by Crippen LogP contribution is -2.32. The minimum Gasteiger partial charge on any atom is -0.497 e. The summed E-state index contributed by atoms with van der Waals surface area (Å²) in [6.07, 6.45) is -3.43. The van der Waals surface area contributed by atoms with E-state index in [2.05, 4.69) is 4.74 Å². The molecule has 0 saturated heterocycles. The van der Waals surface area contributed by atoms with Crippen molar-refractivity contribution in [3.05, 3.63) is 48.0 Å². The van der Waals surface area contributed by atoms with E-state index in [9.17, 15) is 21.6 Å². The van der Waals surface area contributed by atoms with E-state index in [1.165, 1.54) is 18.5 Å². The minimum absolute atomic E-state index is 0.0498. The first-order chi connectivity index (χ1) is 13.6. The van der Waals surface area contributed by atoms with E-state index in [0.29, 0.717) is 29.9 Å². The fraction of sp³-hybridized carbons (Fsp3) is 0.368. The highest BCUT2D eigenvalue weighted by atomic mass is 32.2. The zero-order valence-corrected chi connectivity index (χ0v) is 16.6. The maximum Gasteiger partial charge on any atom is 0.573 e. The van der Waals surface area contributed by atoms with Gasteiger partial charge in [-0.2, -0.15) is 4.31 Å². The molecule has 0 spiro atoms. The molecule has 2 aromatic carbocycles. The largest absolute Gasteiger partial charge is 0.573 e. The SMILES string of the molecule is COc1ccc(OC)c(CN(C2CC2)S(=O)(=O)c2ccc(OC(F)(F)F)cc2)c1. The highest BCUT2D eigenvalue weighted by molar-refractivity contribution is 7.89.